The Morgan fingerprint density at radius 3 is 2.42 bits per heavy atom. The fourth-order valence-electron chi connectivity index (χ4n) is 2.78. The quantitative estimate of drug-likeness (QED) is 0.870. The summed E-state index contributed by atoms with van der Waals surface area (Å²) in [5, 5.41) is 13.4. The van der Waals surface area contributed by atoms with Crippen LogP contribution in [0.15, 0.2) is 24.3 Å². The van der Waals surface area contributed by atoms with E-state index in [1.165, 1.54) is 0 Å². The van der Waals surface area contributed by atoms with Gasteiger partial charge >= 0.3 is 5.97 Å². The molecule has 1 aliphatic carbocycles. The molecule has 1 saturated carbocycles. The molecule has 0 aromatic heterocycles. The van der Waals surface area contributed by atoms with Gasteiger partial charge in [-0.1, -0.05) is 24.9 Å². The zero-order chi connectivity index (χ0) is 13.9. The first kappa shape index (κ1) is 14.2. The molecule has 0 aliphatic heterocycles. The van der Waals surface area contributed by atoms with Crippen molar-refractivity contribution >= 4 is 23.3 Å². The number of nitrogens with one attached hydrogen (secondary N) is 1. The van der Waals surface area contributed by atoms with Crippen LogP contribution in [0.5, 0.6) is 0 Å². The summed E-state index contributed by atoms with van der Waals surface area (Å²) in [5.41, 5.74) is 0.00112. The van der Waals surface area contributed by atoms with Crippen LogP contribution in [0.1, 0.15) is 39.0 Å². The molecule has 19 heavy (non-hydrogen) atoms. The minimum absolute atomic E-state index is 0.657. The smallest absolute Gasteiger partial charge is 0.329 e. The molecule has 1 fully saturated rings. The Labute approximate surface area is 119 Å². The first-order chi connectivity index (χ1) is 9.05. The largest absolute Gasteiger partial charge is 0.480 e. The Hall–Kier alpha value is -1.22. The van der Waals surface area contributed by atoms with Gasteiger partial charge in [0.15, 0.2) is 0 Å². The molecule has 0 amide bonds. The fraction of sp³-hybridized carbons (Fsp3) is 0.533. The lowest BCUT2D eigenvalue weighted by Crippen LogP contribution is -2.49. The molecule has 3 nitrogen and oxygen atoms in total. The highest BCUT2D eigenvalue weighted by molar-refractivity contribution is 6.30. The number of carboxylic acids is 1. The molecule has 1 aromatic rings. The molecule has 2 N–H and O–H groups in total. The van der Waals surface area contributed by atoms with Crippen molar-refractivity contribution in [1.82, 2.24) is 0 Å². The first-order valence-corrected chi connectivity index (χ1v) is 7.21. The molecular formula is C15H20ClNO2. The lowest BCUT2D eigenvalue weighted by atomic mass is 9.75. The third-order valence-electron chi connectivity index (χ3n) is 4.17. The number of anilines is 1. The fourth-order valence-corrected chi connectivity index (χ4v) is 2.91. The van der Waals surface area contributed by atoms with Gasteiger partial charge in [-0.25, -0.2) is 4.79 Å². The second-order valence-corrected chi connectivity index (χ2v) is 5.81. The van der Waals surface area contributed by atoms with Crippen molar-refractivity contribution in [1.29, 1.82) is 0 Å². The van der Waals surface area contributed by atoms with Gasteiger partial charge in [-0.05, 0) is 55.9 Å². The molecule has 104 valence electrons. The van der Waals surface area contributed by atoms with E-state index in [2.05, 4.69) is 12.2 Å². The number of aliphatic carboxylic acids is 1. The molecule has 1 aromatic carbocycles. The van der Waals surface area contributed by atoms with Crippen LogP contribution in [0.25, 0.3) is 0 Å². The van der Waals surface area contributed by atoms with Gasteiger partial charge in [-0.3, -0.25) is 0 Å². The van der Waals surface area contributed by atoms with Gasteiger partial charge in [0.25, 0.3) is 0 Å². The first-order valence-electron chi connectivity index (χ1n) is 6.83. The Balaban J connectivity index is 2.12. The normalized spacial score (nSPS) is 26.9. The third kappa shape index (κ3) is 3.21. The van der Waals surface area contributed by atoms with Crippen LogP contribution in [-0.4, -0.2) is 16.6 Å². The summed E-state index contributed by atoms with van der Waals surface area (Å²) < 4.78 is 0. The van der Waals surface area contributed by atoms with Crippen LogP contribution in [0, 0.1) is 5.92 Å². The van der Waals surface area contributed by atoms with Crippen LogP contribution in [-0.2, 0) is 4.79 Å². The molecule has 0 atom stereocenters. The van der Waals surface area contributed by atoms with Crippen molar-refractivity contribution in [2.45, 2.75) is 44.6 Å². The Bertz CT molecular complexity index is 436. The summed E-state index contributed by atoms with van der Waals surface area (Å²) in [6.45, 7) is 2.17. The summed E-state index contributed by atoms with van der Waals surface area (Å²) in [7, 11) is 0. The van der Waals surface area contributed by atoms with Crippen LogP contribution in [0.3, 0.4) is 0 Å². The molecule has 0 saturated heterocycles. The SMILES string of the molecule is CCC1CCC(Nc2ccc(Cl)cc2)(C(=O)O)CC1. The van der Waals surface area contributed by atoms with Crippen LogP contribution < -0.4 is 5.32 Å². The number of carbonyl (C=O) groups is 1. The van der Waals surface area contributed by atoms with Gasteiger partial charge in [0.2, 0.25) is 0 Å². The zero-order valence-corrected chi connectivity index (χ0v) is 11.9. The van der Waals surface area contributed by atoms with Gasteiger partial charge in [-0.2, -0.15) is 0 Å². The predicted molar refractivity (Wildman–Crippen MR) is 77.7 cm³/mol. The monoisotopic (exact) mass is 281 g/mol. The van der Waals surface area contributed by atoms with E-state index in [1.807, 2.05) is 12.1 Å². The second-order valence-electron chi connectivity index (χ2n) is 5.37. The molecule has 2 rings (SSSR count). The topological polar surface area (TPSA) is 49.3 Å². The van der Waals surface area contributed by atoms with Gasteiger partial charge in [0, 0.05) is 10.7 Å². The average molecular weight is 282 g/mol. The predicted octanol–water partition coefficient (Wildman–Crippen LogP) is 4.18. The number of benzene rings is 1. The summed E-state index contributed by atoms with van der Waals surface area (Å²) in [4.78, 5) is 11.7. The van der Waals surface area contributed by atoms with Crippen molar-refractivity contribution in [3.63, 3.8) is 0 Å². The molecule has 0 spiro atoms. The van der Waals surface area contributed by atoms with E-state index in [9.17, 15) is 9.90 Å². The number of carboxylic acid groups (broad SMARTS) is 1. The molecule has 0 unspecified atom stereocenters. The van der Waals surface area contributed by atoms with Gasteiger partial charge in [0.1, 0.15) is 5.54 Å². The van der Waals surface area contributed by atoms with E-state index in [1.54, 1.807) is 12.1 Å². The van der Waals surface area contributed by atoms with Crippen molar-refractivity contribution in [2.75, 3.05) is 5.32 Å². The number of hydrogen-bond donors (Lipinski definition) is 2. The maximum Gasteiger partial charge on any atom is 0.329 e. The van der Waals surface area contributed by atoms with E-state index in [-0.39, 0.29) is 0 Å². The highest BCUT2D eigenvalue weighted by atomic mass is 35.5. The van der Waals surface area contributed by atoms with E-state index < -0.39 is 11.5 Å². The van der Waals surface area contributed by atoms with E-state index >= 15 is 0 Å². The zero-order valence-electron chi connectivity index (χ0n) is 11.2. The maximum atomic E-state index is 11.7. The molecule has 1 aliphatic rings. The Morgan fingerprint density at radius 2 is 1.95 bits per heavy atom. The van der Waals surface area contributed by atoms with Crippen LogP contribution >= 0.6 is 11.6 Å². The number of hydrogen-bond acceptors (Lipinski definition) is 2. The van der Waals surface area contributed by atoms with Gasteiger partial charge in [0.05, 0.1) is 0 Å². The van der Waals surface area contributed by atoms with Crippen molar-refractivity contribution in [2.24, 2.45) is 5.92 Å². The van der Waals surface area contributed by atoms with Crippen LogP contribution in [0.4, 0.5) is 5.69 Å². The van der Waals surface area contributed by atoms with Crippen molar-refractivity contribution < 1.29 is 9.90 Å². The molecule has 0 heterocycles. The highest BCUT2D eigenvalue weighted by Crippen LogP contribution is 2.36. The summed E-state index contributed by atoms with van der Waals surface area (Å²) in [6.07, 6.45) is 4.45. The van der Waals surface area contributed by atoms with E-state index in [0.717, 1.165) is 24.9 Å². The average Bonchev–Trinajstić information content (AvgIpc) is 2.42. The number of rotatable bonds is 4. The Kier molecular flexibility index (Phi) is 4.35. The summed E-state index contributed by atoms with van der Waals surface area (Å²) in [6, 6.07) is 7.21. The minimum atomic E-state index is -0.820. The van der Waals surface area contributed by atoms with Crippen molar-refractivity contribution in [3.8, 4) is 0 Å². The standard InChI is InChI=1S/C15H20ClNO2/c1-2-11-7-9-15(10-8-11,14(18)19)17-13-5-3-12(16)4-6-13/h3-6,11,17H,2,7-10H2,1H3,(H,18,19). The van der Waals surface area contributed by atoms with Gasteiger partial charge < -0.3 is 10.4 Å². The second kappa shape index (κ2) is 5.83. The maximum absolute atomic E-state index is 11.7. The van der Waals surface area contributed by atoms with Crippen LogP contribution in [0.2, 0.25) is 5.02 Å². The highest BCUT2D eigenvalue weighted by Gasteiger charge is 2.41. The Morgan fingerprint density at radius 1 is 1.37 bits per heavy atom. The van der Waals surface area contributed by atoms with Crippen molar-refractivity contribution in [3.05, 3.63) is 29.3 Å². The lowest BCUT2D eigenvalue weighted by molar-refractivity contribution is -0.143. The summed E-state index contributed by atoms with van der Waals surface area (Å²) in [5.74, 6) is -0.0866. The number of halogens is 1. The molecule has 0 radical (unpaired) electrons. The summed E-state index contributed by atoms with van der Waals surface area (Å²) >= 11 is 5.85. The van der Waals surface area contributed by atoms with Gasteiger partial charge in [-0.15, -0.1) is 0 Å². The minimum Gasteiger partial charge on any atom is -0.480 e. The van der Waals surface area contributed by atoms with E-state index in [4.69, 9.17) is 11.6 Å². The third-order valence-corrected chi connectivity index (χ3v) is 4.43. The molecule has 4 heteroatoms. The van der Waals surface area contributed by atoms with E-state index in [0.29, 0.717) is 23.8 Å². The lowest BCUT2D eigenvalue weighted by Gasteiger charge is -2.38. The molecular weight excluding hydrogens is 262 g/mol. The molecule has 0 bridgehead atoms.